The SMILES string of the molecule is CCCCCCc1ccc(C23CCC(C#Cc4ccc(OCC)cc4)(CC2)CC3)cc1. The van der Waals surface area contributed by atoms with Crippen molar-refractivity contribution in [3.63, 3.8) is 0 Å². The van der Waals surface area contributed by atoms with Crippen molar-refractivity contribution in [2.24, 2.45) is 5.41 Å². The first kappa shape index (κ1) is 22.0. The van der Waals surface area contributed by atoms with Crippen molar-refractivity contribution in [2.45, 2.75) is 89.9 Å². The second-order valence-electron chi connectivity index (χ2n) is 9.78. The molecule has 2 aromatic carbocycles. The van der Waals surface area contributed by atoms with Gasteiger partial charge in [-0.25, -0.2) is 0 Å². The summed E-state index contributed by atoms with van der Waals surface area (Å²) in [5, 5.41) is 0. The van der Waals surface area contributed by atoms with Crippen LogP contribution in [-0.4, -0.2) is 6.61 Å². The van der Waals surface area contributed by atoms with Crippen molar-refractivity contribution in [3.8, 4) is 17.6 Å². The van der Waals surface area contributed by atoms with Crippen molar-refractivity contribution in [1.29, 1.82) is 0 Å². The minimum atomic E-state index is 0.236. The van der Waals surface area contributed by atoms with Crippen LogP contribution in [0.25, 0.3) is 0 Å². The summed E-state index contributed by atoms with van der Waals surface area (Å²) in [7, 11) is 0. The van der Waals surface area contributed by atoms with E-state index >= 15 is 0 Å². The zero-order valence-corrected chi connectivity index (χ0v) is 19.5. The number of ether oxygens (including phenoxy) is 1. The number of rotatable bonds is 8. The van der Waals surface area contributed by atoms with Crippen LogP contribution < -0.4 is 4.74 Å². The maximum Gasteiger partial charge on any atom is 0.119 e. The summed E-state index contributed by atoms with van der Waals surface area (Å²) in [5.74, 6) is 8.12. The third-order valence-corrected chi connectivity index (χ3v) is 7.77. The van der Waals surface area contributed by atoms with Crippen LogP contribution >= 0.6 is 0 Å². The number of hydrogen-bond donors (Lipinski definition) is 0. The Labute approximate surface area is 189 Å². The molecule has 3 saturated carbocycles. The summed E-state index contributed by atoms with van der Waals surface area (Å²) in [6.07, 6.45) is 14.2. The van der Waals surface area contributed by atoms with Crippen LogP contribution in [0, 0.1) is 17.3 Å². The first-order valence-electron chi connectivity index (χ1n) is 12.5. The fourth-order valence-electron chi connectivity index (χ4n) is 5.59. The molecule has 0 spiro atoms. The standard InChI is InChI=1S/C30H38O/c1-3-5-6-7-8-25-9-13-27(14-10-25)30-22-19-29(20-23-30,21-24-30)18-17-26-11-15-28(16-12-26)31-4-2/h9-16H,3-8,19-24H2,1-2H3. The highest BCUT2D eigenvalue weighted by Crippen LogP contribution is 2.57. The van der Waals surface area contributed by atoms with Gasteiger partial charge >= 0.3 is 0 Å². The highest BCUT2D eigenvalue weighted by atomic mass is 16.5. The lowest BCUT2D eigenvalue weighted by Crippen LogP contribution is -2.43. The molecule has 0 aromatic heterocycles. The van der Waals surface area contributed by atoms with Gasteiger partial charge < -0.3 is 4.74 Å². The van der Waals surface area contributed by atoms with Crippen molar-refractivity contribution >= 4 is 0 Å². The van der Waals surface area contributed by atoms with Crippen molar-refractivity contribution in [1.82, 2.24) is 0 Å². The first-order valence-corrected chi connectivity index (χ1v) is 12.5. The fourth-order valence-corrected chi connectivity index (χ4v) is 5.59. The number of aryl methyl sites for hydroxylation is 1. The van der Waals surface area contributed by atoms with Crippen LogP contribution in [-0.2, 0) is 11.8 Å². The van der Waals surface area contributed by atoms with E-state index < -0.39 is 0 Å². The lowest BCUT2D eigenvalue weighted by Gasteiger charge is -2.51. The van der Waals surface area contributed by atoms with E-state index in [9.17, 15) is 0 Å². The quantitative estimate of drug-likeness (QED) is 0.316. The van der Waals surface area contributed by atoms with Crippen molar-refractivity contribution in [3.05, 3.63) is 65.2 Å². The fraction of sp³-hybridized carbons (Fsp3) is 0.533. The Morgan fingerprint density at radius 1 is 0.774 bits per heavy atom. The average Bonchev–Trinajstić information content (AvgIpc) is 2.83. The number of hydrogen-bond acceptors (Lipinski definition) is 1. The van der Waals surface area contributed by atoms with Crippen LogP contribution in [0.1, 0.15) is 94.7 Å². The summed E-state index contributed by atoms with van der Waals surface area (Å²) in [4.78, 5) is 0. The molecule has 3 fully saturated rings. The molecule has 5 rings (SSSR count). The van der Waals surface area contributed by atoms with E-state index in [1.54, 1.807) is 5.56 Å². The Morgan fingerprint density at radius 3 is 2.06 bits per heavy atom. The largest absolute Gasteiger partial charge is 0.494 e. The number of benzene rings is 2. The Hall–Kier alpha value is -2.20. The van der Waals surface area contributed by atoms with Crippen molar-refractivity contribution < 1.29 is 4.74 Å². The number of unbranched alkanes of at least 4 members (excludes halogenated alkanes) is 3. The van der Waals surface area contributed by atoms with Crippen LogP contribution in [0.5, 0.6) is 5.75 Å². The molecule has 3 aliphatic rings. The minimum Gasteiger partial charge on any atom is -0.494 e. The summed E-state index contributed by atoms with van der Waals surface area (Å²) < 4.78 is 5.54. The van der Waals surface area contributed by atoms with Gasteiger partial charge in [-0.05, 0) is 99.1 Å². The maximum absolute atomic E-state index is 5.54. The van der Waals surface area contributed by atoms with E-state index in [1.807, 2.05) is 19.1 Å². The Bertz CT molecular complexity index is 870. The lowest BCUT2D eigenvalue weighted by atomic mass is 9.52. The summed E-state index contributed by atoms with van der Waals surface area (Å²) >= 11 is 0. The Morgan fingerprint density at radius 2 is 1.45 bits per heavy atom. The zero-order chi connectivity index (χ0) is 21.6. The van der Waals surface area contributed by atoms with Gasteiger partial charge in [-0.3, -0.25) is 0 Å². The van der Waals surface area contributed by atoms with Gasteiger partial charge in [0.1, 0.15) is 5.75 Å². The van der Waals surface area contributed by atoms with Crippen LogP contribution in [0.4, 0.5) is 0 Å². The molecule has 3 aliphatic carbocycles. The van der Waals surface area contributed by atoms with E-state index in [4.69, 9.17) is 4.74 Å². The van der Waals surface area contributed by atoms with Gasteiger partial charge in [-0.15, -0.1) is 0 Å². The van der Waals surface area contributed by atoms with Gasteiger partial charge in [0, 0.05) is 11.0 Å². The molecule has 164 valence electrons. The molecule has 2 bridgehead atoms. The maximum atomic E-state index is 5.54. The van der Waals surface area contributed by atoms with E-state index in [-0.39, 0.29) is 5.41 Å². The van der Waals surface area contributed by atoms with Crippen LogP contribution in [0.2, 0.25) is 0 Å². The van der Waals surface area contributed by atoms with E-state index in [1.165, 1.54) is 76.2 Å². The highest BCUT2D eigenvalue weighted by molar-refractivity contribution is 5.40. The second kappa shape index (κ2) is 9.95. The van der Waals surface area contributed by atoms with E-state index in [0.717, 1.165) is 11.3 Å². The molecule has 0 aliphatic heterocycles. The highest BCUT2D eigenvalue weighted by Gasteiger charge is 2.48. The monoisotopic (exact) mass is 414 g/mol. The first-order chi connectivity index (χ1) is 15.2. The predicted molar refractivity (Wildman–Crippen MR) is 131 cm³/mol. The third-order valence-electron chi connectivity index (χ3n) is 7.77. The molecule has 1 nitrogen and oxygen atoms in total. The van der Waals surface area contributed by atoms with Gasteiger partial charge in [0.25, 0.3) is 0 Å². The van der Waals surface area contributed by atoms with Gasteiger partial charge in [-0.2, -0.15) is 0 Å². The topological polar surface area (TPSA) is 9.23 Å². The molecule has 0 N–H and O–H groups in total. The zero-order valence-electron chi connectivity index (χ0n) is 19.5. The normalized spacial score (nSPS) is 24.5. The predicted octanol–water partition coefficient (Wildman–Crippen LogP) is 7.85. The molecular weight excluding hydrogens is 376 g/mol. The van der Waals surface area contributed by atoms with Gasteiger partial charge in [-0.1, -0.05) is 62.3 Å². The molecule has 0 unspecified atom stereocenters. The average molecular weight is 415 g/mol. The van der Waals surface area contributed by atoms with Crippen LogP contribution in [0.15, 0.2) is 48.5 Å². The smallest absolute Gasteiger partial charge is 0.119 e. The second-order valence-corrected chi connectivity index (χ2v) is 9.78. The minimum absolute atomic E-state index is 0.236. The molecule has 0 amide bonds. The summed E-state index contributed by atoms with van der Waals surface area (Å²) in [5.41, 5.74) is 4.84. The van der Waals surface area contributed by atoms with Gasteiger partial charge in [0.2, 0.25) is 0 Å². The molecule has 0 radical (unpaired) electrons. The Kier molecular flexibility index (Phi) is 7.06. The molecule has 31 heavy (non-hydrogen) atoms. The summed E-state index contributed by atoms with van der Waals surface area (Å²) in [6, 6.07) is 17.9. The molecule has 2 aromatic rings. The van der Waals surface area contributed by atoms with Gasteiger partial charge in [0.05, 0.1) is 6.61 Å². The van der Waals surface area contributed by atoms with Crippen LogP contribution in [0.3, 0.4) is 0 Å². The molecule has 0 heterocycles. The molecular formula is C30H38O. The number of fused-ring (bicyclic) bond motifs is 3. The van der Waals surface area contributed by atoms with Crippen molar-refractivity contribution in [2.75, 3.05) is 6.61 Å². The molecule has 0 saturated heterocycles. The van der Waals surface area contributed by atoms with Gasteiger partial charge in [0.15, 0.2) is 0 Å². The van der Waals surface area contributed by atoms with E-state index in [0.29, 0.717) is 12.0 Å². The summed E-state index contributed by atoms with van der Waals surface area (Å²) in [6.45, 7) is 5.00. The molecule has 1 heteroatoms. The third kappa shape index (κ3) is 5.17. The molecule has 0 atom stereocenters. The van der Waals surface area contributed by atoms with E-state index in [2.05, 4.69) is 55.2 Å². The lowest BCUT2D eigenvalue weighted by molar-refractivity contribution is 0.0865. The Balaban J connectivity index is 1.36.